The lowest BCUT2D eigenvalue weighted by atomic mass is 10.0. The highest BCUT2D eigenvalue weighted by molar-refractivity contribution is 9.10. The molecular formula is C13H11BrO2. The molecule has 16 heavy (non-hydrogen) atoms. The van der Waals surface area contributed by atoms with Crippen molar-refractivity contribution in [3.8, 4) is 0 Å². The maximum Gasteiger partial charge on any atom is 0.188 e. The van der Waals surface area contributed by atoms with Gasteiger partial charge in [0, 0.05) is 17.1 Å². The van der Waals surface area contributed by atoms with Crippen LogP contribution in [0.3, 0.4) is 0 Å². The van der Waals surface area contributed by atoms with E-state index in [0.717, 1.165) is 15.2 Å². The number of carbonyl (C=O) groups excluding carboxylic acids is 1. The Labute approximate surface area is 102 Å². The maximum atomic E-state index is 11.6. The number of methoxy groups -OCH3 is 1. The van der Waals surface area contributed by atoms with Crippen LogP contribution in [-0.4, -0.2) is 19.5 Å². The van der Waals surface area contributed by atoms with Crippen LogP contribution in [0.2, 0.25) is 0 Å². The van der Waals surface area contributed by atoms with Crippen molar-refractivity contribution in [1.29, 1.82) is 0 Å². The van der Waals surface area contributed by atoms with E-state index in [1.54, 1.807) is 0 Å². The first-order valence-electron chi connectivity index (χ1n) is 4.92. The average molecular weight is 279 g/mol. The number of ketones is 1. The van der Waals surface area contributed by atoms with Crippen LogP contribution < -0.4 is 0 Å². The van der Waals surface area contributed by atoms with Crippen LogP contribution in [0.1, 0.15) is 10.4 Å². The zero-order valence-electron chi connectivity index (χ0n) is 8.87. The summed E-state index contributed by atoms with van der Waals surface area (Å²) in [5.74, 6) is 0.00678. The third-order valence-corrected chi connectivity index (χ3v) is 2.89. The van der Waals surface area contributed by atoms with Gasteiger partial charge in [0.1, 0.15) is 6.61 Å². The second kappa shape index (κ2) is 4.76. The van der Waals surface area contributed by atoms with Crippen molar-refractivity contribution < 1.29 is 9.53 Å². The number of Topliss-reactive ketones (excluding diaryl/α,β-unsaturated/α-hetero) is 1. The van der Waals surface area contributed by atoms with Gasteiger partial charge in [-0.05, 0) is 29.0 Å². The van der Waals surface area contributed by atoms with E-state index < -0.39 is 0 Å². The van der Waals surface area contributed by atoms with Gasteiger partial charge < -0.3 is 4.74 Å². The highest BCUT2D eigenvalue weighted by Crippen LogP contribution is 2.21. The van der Waals surface area contributed by atoms with Gasteiger partial charge in [-0.3, -0.25) is 4.79 Å². The zero-order valence-corrected chi connectivity index (χ0v) is 10.5. The minimum absolute atomic E-state index is 0.00678. The van der Waals surface area contributed by atoms with E-state index in [1.165, 1.54) is 7.11 Å². The number of carbonyl (C=O) groups is 1. The summed E-state index contributed by atoms with van der Waals surface area (Å²) in [6, 6.07) is 11.7. The van der Waals surface area contributed by atoms with Crippen molar-refractivity contribution in [2.75, 3.05) is 13.7 Å². The van der Waals surface area contributed by atoms with Crippen LogP contribution in [0.4, 0.5) is 0 Å². The lowest BCUT2D eigenvalue weighted by Crippen LogP contribution is -2.06. The molecule has 0 heterocycles. The summed E-state index contributed by atoms with van der Waals surface area (Å²) in [6.45, 7) is 0.127. The molecule has 0 aliphatic rings. The minimum atomic E-state index is 0.00678. The number of halogens is 1. The van der Waals surface area contributed by atoms with Crippen LogP contribution in [-0.2, 0) is 4.74 Å². The summed E-state index contributed by atoms with van der Waals surface area (Å²) in [7, 11) is 1.52. The Kier molecular flexibility index (Phi) is 3.36. The third kappa shape index (κ3) is 2.31. The predicted octanol–water partition coefficient (Wildman–Crippen LogP) is 3.43. The average Bonchev–Trinajstić information content (AvgIpc) is 2.28. The highest BCUT2D eigenvalue weighted by atomic mass is 79.9. The Morgan fingerprint density at radius 1 is 1.19 bits per heavy atom. The quantitative estimate of drug-likeness (QED) is 0.804. The first-order valence-corrected chi connectivity index (χ1v) is 5.71. The molecule has 0 aliphatic carbocycles. The van der Waals surface area contributed by atoms with E-state index in [1.807, 2.05) is 36.4 Å². The van der Waals surface area contributed by atoms with E-state index in [2.05, 4.69) is 15.9 Å². The van der Waals surface area contributed by atoms with E-state index in [-0.39, 0.29) is 12.4 Å². The fourth-order valence-corrected chi connectivity index (χ4v) is 1.98. The predicted molar refractivity (Wildman–Crippen MR) is 67.9 cm³/mol. The Hall–Kier alpha value is -1.19. The van der Waals surface area contributed by atoms with Crippen molar-refractivity contribution in [2.24, 2.45) is 0 Å². The minimum Gasteiger partial charge on any atom is -0.377 e. The highest BCUT2D eigenvalue weighted by Gasteiger charge is 2.05. The van der Waals surface area contributed by atoms with E-state index in [9.17, 15) is 4.79 Å². The van der Waals surface area contributed by atoms with Gasteiger partial charge in [-0.25, -0.2) is 0 Å². The van der Waals surface area contributed by atoms with Gasteiger partial charge in [0.05, 0.1) is 0 Å². The molecular weight excluding hydrogens is 268 g/mol. The number of rotatable bonds is 3. The largest absolute Gasteiger partial charge is 0.377 e. The molecule has 0 aromatic heterocycles. The van der Waals surface area contributed by atoms with Crippen LogP contribution in [0, 0.1) is 0 Å². The fraction of sp³-hybridized carbons (Fsp3) is 0.154. The van der Waals surface area contributed by atoms with Gasteiger partial charge in [0.25, 0.3) is 0 Å². The van der Waals surface area contributed by atoms with Gasteiger partial charge in [-0.1, -0.05) is 34.1 Å². The van der Waals surface area contributed by atoms with Crippen LogP contribution in [0.5, 0.6) is 0 Å². The molecule has 82 valence electrons. The molecule has 0 radical (unpaired) electrons. The van der Waals surface area contributed by atoms with Crippen LogP contribution in [0.25, 0.3) is 10.8 Å². The number of fused-ring (bicyclic) bond motifs is 1. The fourth-order valence-electron chi connectivity index (χ4n) is 1.60. The smallest absolute Gasteiger partial charge is 0.188 e. The normalized spacial score (nSPS) is 10.6. The van der Waals surface area contributed by atoms with Crippen molar-refractivity contribution in [3.05, 3.63) is 46.4 Å². The molecule has 0 amide bonds. The molecule has 0 saturated carbocycles. The second-order valence-corrected chi connectivity index (χ2v) is 4.48. The Balaban J connectivity index is 2.44. The number of hydrogen-bond acceptors (Lipinski definition) is 2. The summed E-state index contributed by atoms with van der Waals surface area (Å²) in [6.07, 6.45) is 0. The SMILES string of the molecule is COCC(=O)c1ccc2cc(Br)ccc2c1. The zero-order chi connectivity index (χ0) is 11.5. The van der Waals surface area contributed by atoms with Crippen molar-refractivity contribution >= 4 is 32.5 Å². The van der Waals surface area contributed by atoms with Crippen molar-refractivity contribution in [3.63, 3.8) is 0 Å². The monoisotopic (exact) mass is 278 g/mol. The number of ether oxygens (including phenoxy) is 1. The first-order chi connectivity index (χ1) is 7.70. The molecule has 0 spiro atoms. The van der Waals surface area contributed by atoms with E-state index in [4.69, 9.17) is 4.74 Å². The molecule has 2 aromatic rings. The number of benzene rings is 2. The molecule has 0 unspecified atom stereocenters. The van der Waals surface area contributed by atoms with Gasteiger partial charge in [0.2, 0.25) is 0 Å². The summed E-state index contributed by atoms with van der Waals surface area (Å²) >= 11 is 3.42. The molecule has 2 nitrogen and oxygen atoms in total. The van der Waals surface area contributed by atoms with Gasteiger partial charge >= 0.3 is 0 Å². The van der Waals surface area contributed by atoms with E-state index >= 15 is 0 Å². The van der Waals surface area contributed by atoms with Gasteiger partial charge in [-0.15, -0.1) is 0 Å². The lowest BCUT2D eigenvalue weighted by molar-refractivity contribution is 0.0848. The molecule has 2 aromatic carbocycles. The topological polar surface area (TPSA) is 26.3 Å². The summed E-state index contributed by atoms with van der Waals surface area (Å²) < 4.78 is 5.87. The maximum absolute atomic E-state index is 11.6. The van der Waals surface area contributed by atoms with Crippen molar-refractivity contribution in [1.82, 2.24) is 0 Å². The molecule has 0 N–H and O–H groups in total. The van der Waals surface area contributed by atoms with E-state index in [0.29, 0.717) is 5.56 Å². The Morgan fingerprint density at radius 2 is 1.88 bits per heavy atom. The molecule has 0 bridgehead atoms. The molecule has 2 rings (SSSR count). The molecule has 3 heteroatoms. The van der Waals surface area contributed by atoms with Gasteiger partial charge in [-0.2, -0.15) is 0 Å². The Bertz CT molecular complexity index is 534. The lowest BCUT2D eigenvalue weighted by Gasteiger charge is -2.03. The number of hydrogen-bond donors (Lipinski definition) is 0. The first kappa shape index (κ1) is 11.3. The molecule has 0 fully saturated rings. The van der Waals surface area contributed by atoms with Crippen molar-refractivity contribution in [2.45, 2.75) is 0 Å². The van der Waals surface area contributed by atoms with Gasteiger partial charge in [0.15, 0.2) is 5.78 Å². The molecule has 0 saturated heterocycles. The van der Waals surface area contributed by atoms with Crippen LogP contribution >= 0.6 is 15.9 Å². The standard InChI is InChI=1S/C13H11BrO2/c1-16-8-13(15)11-3-2-10-7-12(14)5-4-9(10)6-11/h2-7H,8H2,1H3. The molecule has 0 atom stereocenters. The molecule has 0 aliphatic heterocycles. The third-order valence-electron chi connectivity index (χ3n) is 2.40. The summed E-state index contributed by atoms with van der Waals surface area (Å²) in [4.78, 5) is 11.6. The Morgan fingerprint density at radius 3 is 2.62 bits per heavy atom. The summed E-state index contributed by atoms with van der Waals surface area (Å²) in [5, 5.41) is 2.17. The second-order valence-electron chi connectivity index (χ2n) is 3.56. The summed E-state index contributed by atoms with van der Waals surface area (Å²) in [5.41, 5.74) is 0.691. The van der Waals surface area contributed by atoms with Crippen LogP contribution in [0.15, 0.2) is 40.9 Å².